The summed E-state index contributed by atoms with van der Waals surface area (Å²) in [4.78, 5) is 32.3. The predicted octanol–water partition coefficient (Wildman–Crippen LogP) is 3.54. The summed E-state index contributed by atoms with van der Waals surface area (Å²) in [6, 6.07) is 14.8. The first-order valence-electron chi connectivity index (χ1n) is 9.06. The molecule has 4 rings (SSSR count). The van der Waals surface area contributed by atoms with E-state index < -0.39 is 0 Å². The molecule has 2 aromatic carbocycles. The number of H-pyrrole nitrogens is 1. The Morgan fingerprint density at radius 3 is 2.21 bits per heavy atom. The minimum atomic E-state index is -0.0381. The van der Waals surface area contributed by atoms with Crippen LogP contribution in [0.25, 0.3) is 10.9 Å². The van der Waals surface area contributed by atoms with Crippen LogP contribution in [-0.4, -0.2) is 59.9 Å². The average Bonchev–Trinajstić information content (AvgIpc) is 3.16. The number of carbonyl (C=O) groups is 2. The number of amides is 2. The zero-order valence-electron chi connectivity index (χ0n) is 15.4. The zero-order chi connectivity index (χ0) is 19.7. The van der Waals surface area contributed by atoms with Gasteiger partial charge in [0.15, 0.2) is 0 Å². The van der Waals surface area contributed by atoms with Gasteiger partial charge < -0.3 is 19.5 Å². The van der Waals surface area contributed by atoms with Gasteiger partial charge in [-0.15, -0.1) is 0 Å². The van der Waals surface area contributed by atoms with E-state index in [4.69, 9.17) is 4.74 Å². The fourth-order valence-electron chi connectivity index (χ4n) is 3.41. The van der Waals surface area contributed by atoms with Crippen LogP contribution >= 0.6 is 15.9 Å². The van der Waals surface area contributed by atoms with Crippen LogP contribution in [0.4, 0.5) is 0 Å². The van der Waals surface area contributed by atoms with Crippen LogP contribution < -0.4 is 4.74 Å². The van der Waals surface area contributed by atoms with Crippen molar-refractivity contribution in [2.75, 3.05) is 33.3 Å². The number of fused-ring (bicyclic) bond motifs is 1. The van der Waals surface area contributed by atoms with E-state index in [1.165, 1.54) is 0 Å². The molecule has 0 aliphatic carbocycles. The summed E-state index contributed by atoms with van der Waals surface area (Å²) in [5.41, 5.74) is 2.12. The highest BCUT2D eigenvalue weighted by Gasteiger charge is 2.26. The van der Waals surface area contributed by atoms with E-state index in [1.807, 2.05) is 24.3 Å². The van der Waals surface area contributed by atoms with Crippen molar-refractivity contribution in [3.8, 4) is 5.75 Å². The normalized spacial score (nSPS) is 14.4. The number of aromatic nitrogens is 1. The Morgan fingerprint density at radius 1 is 0.929 bits per heavy atom. The van der Waals surface area contributed by atoms with Gasteiger partial charge in [0.2, 0.25) is 0 Å². The summed E-state index contributed by atoms with van der Waals surface area (Å²) < 4.78 is 6.09. The number of halogens is 1. The molecule has 0 radical (unpaired) electrons. The van der Waals surface area contributed by atoms with Crippen molar-refractivity contribution >= 4 is 38.6 Å². The van der Waals surface area contributed by atoms with Gasteiger partial charge >= 0.3 is 0 Å². The number of piperazine rings is 1. The Bertz CT molecular complexity index is 1020. The minimum Gasteiger partial charge on any atom is -0.497 e. The second-order valence-corrected chi connectivity index (χ2v) is 7.64. The summed E-state index contributed by atoms with van der Waals surface area (Å²) in [5.74, 6) is 0.659. The van der Waals surface area contributed by atoms with Gasteiger partial charge in [-0.3, -0.25) is 9.59 Å². The molecule has 1 aliphatic heterocycles. The van der Waals surface area contributed by atoms with Crippen LogP contribution in [-0.2, 0) is 0 Å². The molecule has 7 heteroatoms. The molecule has 0 atom stereocenters. The van der Waals surface area contributed by atoms with Gasteiger partial charge in [-0.25, -0.2) is 0 Å². The van der Waals surface area contributed by atoms with E-state index in [9.17, 15) is 9.59 Å². The predicted molar refractivity (Wildman–Crippen MR) is 111 cm³/mol. The number of carbonyl (C=O) groups excluding carboxylic acids is 2. The molecular weight excluding hydrogens is 422 g/mol. The monoisotopic (exact) mass is 441 g/mol. The maximum absolute atomic E-state index is 12.8. The molecule has 1 aromatic heterocycles. The van der Waals surface area contributed by atoms with E-state index in [2.05, 4.69) is 20.9 Å². The summed E-state index contributed by atoms with van der Waals surface area (Å²) in [7, 11) is 1.60. The number of hydrogen-bond donors (Lipinski definition) is 1. The molecule has 6 nitrogen and oxygen atoms in total. The van der Waals surface area contributed by atoms with Crippen LogP contribution in [0.3, 0.4) is 0 Å². The molecule has 28 heavy (non-hydrogen) atoms. The maximum atomic E-state index is 12.8. The highest BCUT2D eigenvalue weighted by atomic mass is 79.9. The first-order chi connectivity index (χ1) is 13.5. The second kappa shape index (κ2) is 7.67. The van der Waals surface area contributed by atoms with Crippen LogP contribution in [0.5, 0.6) is 5.75 Å². The van der Waals surface area contributed by atoms with Gasteiger partial charge in [0.05, 0.1) is 7.11 Å². The number of methoxy groups -OCH3 is 1. The van der Waals surface area contributed by atoms with Gasteiger partial charge in [-0.1, -0.05) is 22.0 Å². The Labute approximate surface area is 171 Å². The molecule has 0 unspecified atom stereocenters. The van der Waals surface area contributed by atoms with Crippen molar-refractivity contribution in [3.63, 3.8) is 0 Å². The SMILES string of the molecule is COc1ccc(C(=O)N2CCN(C(=O)c3cc4ccc(Br)cc4[nH]3)CC2)cc1. The highest BCUT2D eigenvalue weighted by Crippen LogP contribution is 2.22. The van der Waals surface area contributed by atoms with E-state index in [0.29, 0.717) is 37.4 Å². The van der Waals surface area contributed by atoms with Crippen molar-refractivity contribution in [2.24, 2.45) is 0 Å². The van der Waals surface area contributed by atoms with Gasteiger partial charge in [0.25, 0.3) is 11.8 Å². The largest absolute Gasteiger partial charge is 0.497 e. The lowest BCUT2D eigenvalue weighted by molar-refractivity contribution is 0.0533. The molecule has 0 bridgehead atoms. The van der Waals surface area contributed by atoms with Gasteiger partial charge in [0, 0.05) is 47.1 Å². The van der Waals surface area contributed by atoms with Crippen molar-refractivity contribution in [2.45, 2.75) is 0 Å². The fourth-order valence-corrected chi connectivity index (χ4v) is 3.77. The molecule has 2 heterocycles. The Balaban J connectivity index is 1.41. The molecular formula is C21H20BrN3O3. The quantitative estimate of drug-likeness (QED) is 0.675. The molecule has 1 aliphatic rings. The van der Waals surface area contributed by atoms with Crippen LogP contribution in [0, 0.1) is 0 Å². The molecule has 3 aromatic rings. The third-order valence-electron chi connectivity index (χ3n) is 5.01. The molecule has 1 N–H and O–H groups in total. The van der Waals surface area contributed by atoms with Gasteiger partial charge in [0.1, 0.15) is 11.4 Å². The fraction of sp³-hybridized carbons (Fsp3) is 0.238. The highest BCUT2D eigenvalue weighted by molar-refractivity contribution is 9.10. The number of nitrogens with one attached hydrogen (secondary N) is 1. The number of benzene rings is 2. The second-order valence-electron chi connectivity index (χ2n) is 6.73. The average molecular weight is 442 g/mol. The number of rotatable bonds is 3. The standard InChI is InChI=1S/C21H20BrN3O3/c1-28-17-6-3-14(4-7-17)20(26)24-8-10-25(11-9-24)21(27)19-12-15-2-5-16(22)13-18(15)23-19/h2-7,12-13,23H,8-11H2,1H3. The summed E-state index contributed by atoms with van der Waals surface area (Å²) in [6.45, 7) is 2.06. The van der Waals surface area contributed by atoms with Crippen LogP contribution in [0.1, 0.15) is 20.8 Å². The number of hydrogen-bond acceptors (Lipinski definition) is 3. The summed E-state index contributed by atoms with van der Waals surface area (Å²) >= 11 is 3.44. The summed E-state index contributed by atoms with van der Waals surface area (Å²) in [6.07, 6.45) is 0. The lowest BCUT2D eigenvalue weighted by atomic mass is 10.1. The molecule has 2 amide bonds. The van der Waals surface area contributed by atoms with E-state index >= 15 is 0 Å². The zero-order valence-corrected chi connectivity index (χ0v) is 17.0. The van der Waals surface area contributed by atoms with Crippen molar-refractivity contribution in [1.82, 2.24) is 14.8 Å². The number of ether oxygens (including phenoxy) is 1. The van der Waals surface area contributed by atoms with Crippen LogP contribution in [0.15, 0.2) is 53.0 Å². The van der Waals surface area contributed by atoms with Gasteiger partial charge in [-0.05, 0) is 42.5 Å². The van der Waals surface area contributed by atoms with E-state index in [0.717, 1.165) is 21.1 Å². The molecule has 1 saturated heterocycles. The molecule has 144 valence electrons. The van der Waals surface area contributed by atoms with Gasteiger partial charge in [-0.2, -0.15) is 0 Å². The van der Waals surface area contributed by atoms with Crippen molar-refractivity contribution in [1.29, 1.82) is 0 Å². The smallest absolute Gasteiger partial charge is 0.270 e. The number of nitrogens with zero attached hydrogens (tertiary/aromatic N) is 2. The Kier molecular flexibility index (Phi) is 5.09. The van der Waals surface area contributed by atoms with Crippen molar-refractivity contribution < 1.29 is 14.3 Å². The molecule has 0 saturated carbocycles. The summed E-state index contributed by atoms with van der Waals surface area (Å²) in [5, 5.41) is 1.000. The Hall–Kier alpha value is -2.80. The minimum absolute atomic E-state index is 0.0229. The third kappa shape index (κ3) is 3.62. The lowest BCUT2D eigenvalue weighted by Crippen LogP contribution is -2.50. The Morgan fingerprint density at radius 2 is 1.57 bits per heavy atom. The van der Waals surface area contributed by atoms with E-state index in [-0.39, 0.29) is 11.8 Å². The lowest BCUT2D eigenvalue weighted by Gasteiger charge is -2.34. The molecule has 0 spiro atoms. The first kappa shape index (κ1) is 18.6. The van der Waals surface area contributed by atoms with Crippen molar-refractivity contribution in [3.05, 3.63) is 64.3 Å². The maximum Gasteiger partial charge on any atom is 0.270 e. The third-order valence-corrected chi connectivity index (χ3v) is 5.50. The van der Waals surface area contributed by atoms with E-state index in [1.54, 1.807) is 41.2 Å². The first-order valence-corrected chi connectivity index (χ1v) is 9.85. The number of aromatic amines is 1. The topological polar surface area (TPSA) is 65.6 Å². The van der Waals surface area contributed by atoms with Crippen LogP contribution in [0.2, 0.25) is 0 Å². The molecule has 1 fully saturated rings.